The van der Waals surface area contributed by atoms with Crippen molar-refractivity contribution >= 4 is 40.1 Å². The van der Waals surface area contributed by atoms with E-state index in [4.69, 9.17) is 27.9 Å². The van der Waals surface area contributed by atoms with Crippen molar-refractivity contribution in [1.29, 1.82) is 0 Å². The molecular formula is C17H18Cl2N2O2. The first-order valence-electron chi connectivity index (χ1n) is 7.87. The number of carbonyl (C=O) groups excluding carboxylic acids is 1. The Bertz CT molecular complexity index is 728. The minimum absolute atomic E-state index is 0.000866. The number of ether oxygens (including phenoxy) is 1. The molecule has 1 aromatic heterocycles. The molecule has 1 fully saturated rings. The fraction of sp³-hybridized carbons (Fsp3) is 0.471. The third-order valence-electron chi connectivity index (χ3n) is 4.34. The summed E-state index contributed by atoms with van der Waals surface area (Å²) in [5, 5.41) is 1.81. The highest BCUT2D eigenvalue weighted by molar-refractivity contribution is 6.35. The van der Waals surface area contributed by atoms with Gasteiger partial charge in [0.15, 0.2) is 0 Å². The highest BCUT2D eigenvalue weighted by Crippen LogP contribution is 2.36. The van der Waals surface area contributed by atoms with Gasteiger partial charge in [0.1, 0.15) is 11.0 Å². The molecule has 23 heavy (non-hydrogen) atoms. The molecule has 1 aliphatic carbocycles. The molecule has 122 valence electrons. The smallest absolute Gasteiger partial charge is 0.308 e. The number of benzene rings is 1. The average Bonchev–Trinajstić information content (AvgIpc) is 2.56. The highest BCUT2D eigenvalue weighted by Gasteiger charge is 2.29. The zero-order valence-corrected chi connectivity index (χ0v) is 14.4. The van der Waals surface area contributed by atoms with Crippen LogP contribution in [0.4, 0.5) is 0 Å². The van der Waals surface area contributed by atoms with Crippen LogP contribution in [0.2, 0.25) is 10.2 Å². The summed E-state index contributed by atoms with van der Waals surface area (Å²) in [6.45, 7) is 2.27. The van der Waals surface area contributed by atoms with Gasteiger partial charge in [-0.15, -0.1) is 0 Å². The molecule has 1 saturated carbocycles. The fourth-order valence-corrected chi connectivity index (χ4v) is 3.52. The molecule has 0 radical (unpaired) electrons. The Morgan fingerprint density at radius 1 is 1.22 bits per heavy atom. The number of hydrogen-bond donors (Lipinski definition) is 0. The summed E-state index contributed by atoms with van der Waals surface area (Å²) in [5.74, 6) is 0.907. The highest BCUT2D eigenvalue weighted by atomic mass is 35.5. The van der Waals surface area contributed by atoms with E-state index in [9.17, 15) is 4.79 Å². The molecule has 0 aliphatic heterocycles. The van der Waals surface area contributed by atoms with Crippen LogP contribution in [0.1, 0.15) is 44.3 Å². The maximum atomic E-state index is 11.8. The maximum absolute atomic E-state index is 11.8. The third kappa shape index (κ3) is 3.59. The van der Waals surface area contributed by atoms with Crippen LogP contribution in [0.5, 0.6) is 0 Å². The van der Waals surface area contributed by atoms with Crippen LogP contribution in [-0.2, 0) is 9.53 Å². The van der Waals surface area contributed by atoms with Crippen LogP contribution in [-0.4, -0.2) is 22.5 Å². The van der Waals surface area contributed by atoms with Crippen molar-refractivity contribution in [3.05, 3.63) is 34.2 Å². The number of hydrogen-bond acceptors (Lipinski definition) is 4. The first kappa shape index (κ1) is 16.5. The van der Waals surface area contributed by atoms with Gasteiger partial charge in [-0.05, 0) is 50.8 Å². The molecule has 0 N–H and O–H groups in total. The van der Waals surface area contributed by atoms with Crippen LogP contribution >= 0.6 is 23.2 Å². The standard InChI is InChI=1S/C17H18Cl2N2O2/c1-2-23-17(22)11-5-3-10(4-6-11)16-20-14-8-7-12(18)9-13(14)15(19)21-16/h7-11H,2-6H2,1H3/t10-,11+. The molecular weight excluding hydrogens is 335 g/mol. The summed E-state index contributed by atoms with van der Waals surface area (Å²) in [4.78, 5) is 20.9. The average molecular weight is 353 g/mol. The van der Waals surface area contributed by atoms with E-state index in [1.165, 1.54) is 0 Å². The Balaban J connectivity index is 1.77. The number of halogens is 2. The van der Waals surface area contributed by atoms with Gasteiger partial charge in [0.25, 0.3) is 0 Å². The second-order valence-electron chi connectivity index (χ2n) is 5.83. The minimum atomic E-state index is -0.0851. The van der Waals surface area contributed by atoms with Gasteiger partial charge >= 0.3 is 5.97 Å². The lowest BCUT2D eigenvalue weighted by Crippen LogP contribution is -2.23. The van der Waals surface area contributed by atoms with Crippen molar-refractivity contribution in [3.63, 3.8) is 0 Å². The molecule has 0 unspecified atom stereocenters. The molecule has 1 heterocycles. The number of carbonyl (C=O) groups is 1. The van der Waals surface area contributed by atoms with Crippen molar-refractivity contribution in [1.82, 2.24) is 9.97 Å². The van der Waals surface area contributed by atoms with Gasteiger partial charge in [0, 0.05) is 16.3 Å². The largest absolute Gasteiger partial charge is 0.466 e. The topological polar surface area (TPSA) is 52.1 Å². The Labute approximate surface area is 145 Å². The van der Waals surface area contributed by atoms with E-state index in [-0.39, 0.29) is 17.8 Å². The quantitative estimate of drug-likeness (QED) is 0.589. The lowest BCUT2D eigenvalue weighted by molar-refractivity contribution is -0.149. The molecule has 6 heteroatoms. The summed E-state index contributed by atoms with van der Waals surface area (Å²) < 4.78 is 5.11. The van der Waals surface area contributed by atoms with E-state index in [1.54, 1.807) is 12.1 Å². The number of nitrogens with zero attached hydrogens (tertiary/aromatic N) is 2. The lowest BCUT2D eigenvalue weighted by atomic mass is 9.81. The van der Waals surface area contributed by atoms with Gasteiger partial charge in [-0.25, -0.2) is 9.97 Å². The number of aromatic nitrogens is 2. The molecule has 0 spiro atoms. The molecule has 1 aromatic carbocycles. The summed E-state index contributed by atoms with van der Waals surface area (Å²) >= 11 is 12.3. The Kier molecular flexibility index (Phi) is 5.02. The zero-order valence-electron chi connectivity index (χ0n) is 12.9. The van der Waals surface area contributed by atoms with E-state index < -0.39 is 0 Å². The monoisotopic (exact) mass is 352 g/mol. The predicted octanol–water partition coefficient (Wildman–Crippen LogP) is 4.77. The van der Waals surface area contributed by atoms with Crippen LogP contribution in [0.15, 0.2) is 18.2 Å². The van der Waals surface area contributed by atoms with Crippen LogP contribution in [0.3, 0.4) is 0 Å². The number of fused-ring (bicyclic) bond motifs is 1. The number of esters is 1. The number of rotatable bonds is 3. The van der Waals surface area contributed by atoms with Crippen molar-refractivity contribution < 1.29 is 9.53 Å². The molecule has 0 bridgehead atoms. The Hall–Kier alpha value is -1.39. The zero-order chi connectivity index (χ0) is 16.4. The molecule has 1 aliphatic rings. The molecule has 0 atom stereocenters. The van der Waals surface area contributed by atoms with Gasteiger partial charge in [0.2, 0.25) is 0 Å². The van der Waals surface area contributed by atoms with Gasteiger partial charge in [-0.2, -0.15) is 0 Å². The van der Waals surface area contributed by atoms with Crippen LogP contribution < -0.4 is 0 Å². The molecule has 0 saturated heterocycles. The van der Waals surface area contributed by atoms with Gasteiger partial charge < -0.3 is 4.74 Å². The van der Waals surface area contributed by atoms with E-state index in [0.717, 1.165) is 42.4 Å². The first-order chi connectivity index (χ1) is 11.1. The first-order valence-corrected chi connectivity index (χ1v) is 8.63. The second kappa shape index (κ2) is 7.02. The summed E-state index contributed by atoms with van der Waals surface area (Å²) in [6.07, 6.45) is 3.37. The second-order valence-corrected chi connectivity index (χ2v) is 6.63. The van der Waals surface area contributed by atoms with E-state index in [2.05, 4.69) is 9.97 Å². The van der Waals surface area contributed by atoms with E-state index >= 15 is 0 Å². The van der Waals surface area contributed by atoms with Crippen molar-refractivity contribution in [3.8, 4) is 0 Å². The lowest BCUT2D eigenvalue weighted by Gasteiger charge is -2.26. The SMILES string of the molecule is CCOC(=O)[C@H]1CC[C@@H](c2nc(Cl)c3cc(Cl)ccc3n2)CC1. The molecule has 0 amide bonds. The molecule has 3 rings (SSSR count). The van der Waals surface area contributed by atoms with Crippen LogP contribution in [0, 0.1) is 5.92 Å². The molecule has 4 nitrogen and oxygen atoms in total. The summed E-state index contributed by atoms with van der Waals surface area (Å²) in [7, 11) is 0. The Morgan fingerprint density at radius 2 is 1.96 bits per heavy atom. The van der Waals surface area contributed by atoms with Crippen molar-refractivity contribution in [2.24, 2.45) is 5.92 Å². The fourth-order valence-electron chi connectivity index (χ4n) is 3.11. The van der Waals surface area contributed by atoms with Crippen molar-refractivity contribution in [2.45, 2.75) is 38.5 Å². The van der Waals surface area contributed by atoms with E-state index in [0.29, 0.717) is 16.8 Å². The Morgan fingerprint density at radius 3 is 2.65 bits per heavy atom. The van der Waals surface area contributed by atoms with Crippen LogP contribution in [0.25, 0.3) is 10.9 Å². The van der Waals surface area contributed by atoms with Gasteiger partial charge in [0.05, 0.1) is 18.0 Å². The predicted molar refractivity (Wildman–Crippen MR) is 90.9 cm³/mol. The minimum Gasteiger partial charge on any atom is -0.466 e. The van der Waals surface area contributed by atoms with Crippen molar-refractivity contribution in [2.75, 3.05) is 6.61 Å². The van der Waals surface area contributed by atoms with E-state index in [1.807, 2.05) is 13.0 Å². The maximum Gasteiger partial charge on any atom is 0.308 e. The summed E-state index contributed by atoms with van der Waals surface area (Å²) in [5.41, 5.74) is 0.803. The third-order valence-corrected chi connectivity index (χ3v) is 4.86. The molecule has 2 aromatic rings. The van der Waals surface area contributed by atoms with Gasteiger partial charge in [-0.1, -0.05) is 23.2 Å². The van der Waals surface area contributed by atoms with Gasteiger partial charge in [-0.3, -0.25) is 4.79 Å². The normalized spacial score (nSPS) is 21.3. The summed E-state index contributed by atoms with van der Waals surface area (Å²) in [6, 6.07) is 5.44.